The minimum atomic E-state index is -3.75. The summed E-state index contributed by atoms with van der Waals surface area (Å²) in [5.41, 5.74) is 0.748. The van der Waals surface area contributed by atoms with Crippen LogP contribution < -0.4 is 20.3 Å². The number of hydrogen-bond acceptors (Lipinski definition) is 5. The van der Waals surface area contributed by atoms with Crippen LogP contribution in [-0.2, 0) is 19.6 Å². The Morgan fingerprint density at radius 1 is 1.06 bits per heavy atom. The number of anilines is 2. The van der Waals surface area contributed by atoms with E-state index in [9.17, 15) is 22.8 Å². The van der Waals surface area contributed by atoms with Crippen LogP contribution in [0, 0.1) is 0 Å². The maximum Gasteiger partial charge on any atom is 0.251 e. The fraction of sp³-hybridized carbons (Fsp3) is 0.348. The van der Waals surface area contributed by atoms with E-state index < -0.39 is 27.4 Å². The van der Waals surface area contributed by atoms with Gasteiger partial charge in [-0.2, -0.15) is 0 Å². The van der Waals surface area contributed by atoms with Crippen molar-refractivity contribution in [3.63, 3.8) is 0 Å². The molecule has 2 aromatic carbocycles. The topological polar surface area (TPSA) is 125 Å². The van der Waals surface area contributed by atoms with E-state index in [2.05, 4.69) is 15.4 Å². The second-order valence-corrected chi connectivity index (χ2v) is 10.5. The summed E-state index contributed by atoms with van der Waals surface area (Å²) >= 11 is 0. The van der Waals surface area contributed by atoms with Crippen LogP contribution in [0.3, 0.4) is 0 Å². The minimum Gasteiger partial charge on any atom is -0.343 e. The van der Waals surface area contributed by atoms with Crippen molar-refractivity contribution in [3.05, 3.63) is 54.1 Å². The number of benzene rings is 2. The molecule has 1 saturated heterocycles. The standard InChI is InChI=1S/C23H28N4O5S/c1-23(2,3)26-33(31,32)19-7-4-6-17(14-19)25-20(28)15-24-22(30)16-9-11-18(12-10-16)27-13-5-8-21(27)29/h4,6-7,9-12,14,26H,5,8,13,15H2,1-3H3,(H,24,30)(H,25,28). The first-order valence-electron chi connectivity index (χ1n) is 10.6. The molecular formula is C23H28N4O5S. The van der Waals surface area contributed by atoms with Crippen molar-refractivity contribution in [1.29, 1.82) is 0 Å². The summed E-state index contributed by atoms with van der Waals surface area (Å²) in [6, 6.07) is 12.5. The molecule has 1 fully saturated rings. The smallest absolute Gasteiger partial charge is 0.251 e. The zero-order chi connectivity index (χ0) is 24.2. The molecule has 1 aliphatic heterocycles. The van der Waals surface area contributed by atoms with Crippen LogP contribution in [0.1, 0.15) is 44.0 Å². The number of nitrogens with zero attached hydrogens (tertiary/aromatic N) is 1. The normalized spacial score (nSPS) is 14.3. The van der Waals surface area contributed by atoms with E-state index in [4.69, 9.17) is 0 Å². The monoisotopic (exact) mass is 472 g/mol. The first-order chi connectivity index (χ1) is 15.4. The van der Waals surface area contributed by atoms with Crippen LogP contribution in [0.5, 0.6) is 0 Å². The fourth-order valence-corrected chi connectivity index (χ4v) is 4.85. The van der Waals surface area contributed by atoms with Gasteiger partial charge in [0.15, 0.2) is 0 Å². The molecule has 10 heteroatoms. The molecule has 0 bridgehead atoms. The van der Waals surface area contributed by atoms with Crippen LogP contribution in [0.25, 0.3) is 0 Å². The second kappa shape index (κ2) is 9.72. The first-order valence-corrected chi connectivity index (χ1v) is 12.1. The van der Waals surface area contributed by atoms with Crippen LogP contribution >= 0.6 is 0 Å². The van der Waals surface area contributed by atoms with E-state index in [0.717, 1.165) is 12.1 Å². The van der Waals surface area contributed by atoms with Crippen LogP contribution in [-0.4, -0.2) is 44.8 Å². The average Bonchev–Trinajstić information content (AvgIpc) is 3.16. The van der Waals surface area contributed by atoms with Crippen LogP contribution in [0.15, 0.2) is 53.4 Å². The van der Waals surface area contributed by atoms with Crippen LogP contribution in [0.4, 0.5) is 11.4 Å². The third kappa shape index (κ3) is 6.62. The fourth-order valence-electron chi connectivity index (χ4n) is 3.38. The van der Waals surface area contributed by atoms with E-state index in [1.54, 1.807) is 56.0 Å². The van der Waals surface area contributed by atoms with Crippen molar-refractivity contribution in [3.8, 4) is 0 Å². The van der Waals surface area contributed by atoms with Gasteiger partial charge in [-0.05, 0) is 69.7 Å². The Kier molecular flexibility index (Phi) is 7.19. The Morgan fingerprint density at radius 2 is 1.76 bits per heavy atom. The molecule has 1 heterocycles. The summed E-state index contributed by atoms with van der Waals surface area (Å²) in [5, 5.41) is 5.12. The molecule has 3 amide bonds. The number of sulfonamides is 1. The van der Waals surface area contributed by atoms with Crippen molar-refractivity contribution in [2.45, 2.75) is 44.0 Å². The Balaban J connectivity index is 1.56. The number of rotatable bonds is 7. The van der Waals surface area contributed by atoms with Gasteiger partial charge in [0.2, 0.25) is 21.8 Å². The summed E-state index contributed by atoms with van der Waals surface area (Å²) in [5.74, 6) is -0.869. The van der Waals surface area contributed by atoms with Crippen molar-refractivity contribution in [1.82, 2.24) is 10.0 Å². The molecule has 0 spiro atoms. The molecule has 0 unspecified atom stereocenters. The van der Waals surface area contributed by atoms with Gasteiger partial charge >= 0.3 is 0 Å². The molecule has 0 atom stereocenters. The van der Waals surface area contributed by atoms with Gasteiger partial charge in [0.05, 0.1) is 11.4 Å². The first kappa shape index (κ1) is 24.4. The largest absolute Gasteiger partial charge is 0.343 e. The highest BCUT2D eigenvalue weighted by atomic mass is 32.2. The maximum atomic E-state index is 12.5. The van der Waals surface area contributed by atoms with Gasteiger partial charge < -0.3 is 15.5 Å². The lowest BCUT2D eigenvalue weighted by molar-refractivity contribution is -0.117. The number of nitrogens with one attached hydrogen (secondary N) is 3. The zero-order valence-electron chi connectivity index (χ0n) is 18.8. The Bertz CT molecular complexity index is 1150. The SMILES string of the molecule is CC(C)(C)NS(=O)(=O)c1cccc(NC(=O)CNC(=O)c2ccc(N3CCCC3=O)cc2)c1. The van der Waals surface area contributed by atoms with E-state index in [-0.39, 0.29) is 17.3 Å². The van der Waals surface area contributed by atoms with Gasteiger partial charge in [-0.15, -0.1) is 0 Å². The maximum absolute atomic E-state index is 12.5. The summed E-state index contributed by atoms with van der Waals surface area (Å²) < 4.78 is 27.5. The highest BCUT2D eigenvalue weighted by molar-refractivity contribution is 7.89. The quantitative estimate of drug-likeness (QED) is 0.570. The lowest BCUT2D eigenvalue weighted by atomic mass is 10.1. The zero-order valence-corrected chi connectivity index (χ0v) is 19.7. The Morgan fingerprint density at radius 3 is 2.36 bits per heavy atom. The molecule has 1 aliphatic rings. The molecule has 9 nitrogen and oxygen atoms in total. The van der Waals surface area contributed by atoms with E-state index in [1.165, 1.54) is 18.2 Å². The summed E-state index contributed by atoms with van der Waals surface area (Å²) in [7, 11) is -3.75. The molecule has 0 saturated carbocycles. The molecule has 33 heavy (non-hydrogen) atoms. The number of carbonyl (C=O) groups excluding carboxylic acids is 3. The average molecular weight is 473 g/mol. The Hall–Kier alpha value is -3.24. The van der Waals surface area contributed by atoms with Gasteiger partial charge in [-0.25, -0.2) is 13.1 Å². The number of amides is 3. The third-order valence-corrected chi connectivity index (χ3v) is 6.55. The summed E-state index contributed by atoms with van der Waals surface area (Å²) in [6.07, 6.45) is 1.34. The predicted molar refractivity (Wildman–Crippen MR) is 126 cm³/mol. The van der Waals surface area contributed by atoms with Gasteiger partial charge in [0.1, 0.15) is 0 Å². The minimum absolute atomic E-state index is 0.0239. The van der Waals surface area contributed by atoms with Crippen molar-refractivity contribution >= 4 is 39.1 Å². The lowest BCUT2D eigenvalue weighted by Crippen LogP contribution is -2.40. The molecule has 2 aromatic rings. The van der Waals surface area contributed by atoms with E-state index in [0.29, 0.717) is 24.2 Å². The highest BCUT2D eigenvalue weighted by Crippen LogP contribution is 2.21. The van der Waals surface area contributed by atoms with E-state index in [1.807, 2.05) is 0 Å². The van der Waals surface area contributed by atoms with Crippen molar-refractivity contribution in [2.24, 2.45) is 0 Å². The molecule has 0 aliphatic carbocycles. The highest BCUT2D eigenvalue weighted by Gasteiger charge is 2.23. The molecular weight excluding hydrogens is 444 g/mol. The van der Waals surface area contributed by atoms with E-state index >= 15 is 0 Å². The summed E-state index contributed by atoms with van der Waals surface area (Å²) in [6.45, 7) is 5.58. The van der Waals surface area contributed by atoms with Gasteiger partial charge in [0, 0.05) is 35.4 Å². The molecule has 3 N–H and O–H groups in total. The van der Waals surface area contributed by atoms with Crippen molar-refractivity contribution in [2.75, 3.05) is 23.3 Å². The second-order valence-electron chi connectivity index (χ2n) is 8.81. The van der Waals surface area contributed by atoms with Gasteiger partial charge in [-0.1, -0.05) is 6.07 Å². The summed E-state index contributed by atoms with van der Waals surface area (Å²) in [4.78, 5) is 38.2. The molecule has 0 aromatic heterocycles. The number of hydrogen-bond donors (Lipinski definition) is 3. The van der Waals surface area contributed by atoms with Gasteiger partial charge in [-0.3, -0.25) is 14.4 Å². The predicted octanol–water partition coefficient (Wildman–Crippen LogP) is 2.26. The van der Waals surface area contributed by atoms with Gasteiger partial charge in [0.25, 0.3) is 5.91 Å². The third-order valence-electron chi connectivity index (χ3n) is 4.79. The lowest BCUT2D eigenvalue weighted by Gasteiger charge is -2.20. The molecule has 3 rings (SSSR count). The Labute approximate surface area is 193 Å². The van der Waals surface area contributed by atoms with Crippen LogP contribution in [0.2, 0.25) is 0 Å². The van der Waals surface area contributed by atoms with Crippen molar-refractivity contribution < 1.29 is 22.8 Å². The number of carbonyl (C=O) groups is 3. The molecule has 176 valence electrons. The molecule has 0 radical (unpaired) electrons.